The Morgan fingerprint density at radius 3 is 2.66 bits per heavy atom. The fraction of sp³-hybridized carbons (Fsp3) is 0.545. The summed E-state index contributed by atoms with van der Waals surface area (Å²) < 4.78 is 31.5. The lowest BCUT2D eigenvalue weighted by Crippen LogP contribution is -2.43. The number of hydrogen-bond donors (Lipinski definition) is 0. The number of hydrogen-bond acceptors (Lipinski definition) is 6. The maximum absolute atomic E-state index is 14.5. The molecule has 0 N–H and O–H groups in total. The van der Waals surface area contributed by atoms with E-state index in [9.17, 15) is 4.39 Å². The minimum Gasteiger partial charge on any atom is -0.493 e. The Bertz CT molecular complexity index is 856. The number of piperidine rings is 1. The Morgan fingerprint density at radius 2 is 1.86 bits per heavy atom. The SMILES string of the molecule is Cc1cc(OCC2CC[C@@H](C)N(Cc3nc4c(cc3F)OCCO4)C2)cc(C)n1. The minimum absolute atomic E-state index is 0.345. The number of ether oxygens (including phenoxy) is 3. The van der Waals surface area contributed by atoms with Crippen LogP contribution in [0.25, 0.3) is 0 Å². The highest BCUT2D eigenvalue weighted by molar-refractivity contribution is 5.36. The van der Waals surface area contributed by atoms with Crippen molar-refractivity contribution < 1.29 is 18.6 Å². The molecular weight excluding hydrogens is 373 g/mol. The molecule has 6 nitrogen and oxygen atoms in total. The van der Waals surface area contributed by atoms with E-state index in [0.717, 1.165) is 36.5 Å². The number of nitrogens with zero attached hydrogens (tertiary/aromatic N) is 3. The Labute approximate surface area is 171 Å². The summed E-state index contributed by atoms with van der Waals surface area (Å²) in [7, 11) is 0. The van der Waals surface area contributed by atoms with E-state index in [1.807, 2.05) is 26.0 Å². The van der Waals surface area contributed by atoms with Crippen LogP contribution in [0, 0.1) is 25.6 Å². The number of rotatable bonds is 5. The smallest absolute Gasteiger partial charge is 0.257 e. The fourth-order valence-corrected chi connectivity index (χ4v) is 4.00. The predicted molar refractivity (Wildman–Crippen MR) is 107 cm³/mol. The van der Waals surface area contributed by atoms with E-state index < -0.39 is 0 Å². The molecule has 4 rings (SSSR count). The number of aromatic nitrogens is 2. The van der Waals surface area contributed by atoms with Crippen molar-refractivity contribution in [3.63, 3.8) is 0 Å². The van der Waals surface area contributed by atoms with Crippen LogP contribution in [0.4, 0.5) is 4.39 Å². The molecule has 0 radical (unpaired) electrons. The number of likely N-dealkylation sites (tertiary alicyclic amines) is 1. The molecule has 0 bridgehead atoms. The van der Waals surface area contributed by atoms with Crippen molar-refractivity contribution in [2.24, 2.45) is 5.92 Å². The topological polar surface area (TPSA) is 56.7 Å². The molecule has 1 saturated heterocycles. The van der Waals surface area contributed by atoms with Crippen LogP contribution >= 0.6 is 0 Å². The molecule has 29 heavy (non-hydrogen) atoms. The minimum atomic E-state index is -0.345. The maximum Gasteiger partial charge on any atom is 0.257 e. The van der Waals surface area contributed by atoms with Gasteiger partial charge >= 0.3 is 0 Å². The standard InChI is InChI=1S/C22H28FN3O3/c1-14-8-18(9-15(2)24-14)29-13-17-5-4-16(3)26(11-17)12-20-19(23)10-21-22(25-20)28-7-6-27-21/h8-10,16-17H,4-7,11-13H2,1-3H3/t16-,17?/m1/s1. The molecule has 2 aliphatic rings. The summed E-state index contributed by atoms with van der Waals surface area (Å²) in [5, 5.41) is 0. The van der Waals surface area contributed by atoms with Gasteiger partial charge in [-0.05, 0) is 33.6 Å². The van der Waals surface area contributed by atoms with Crippen molar-refractivity contribution in [3.05, 3.63) is 41.1 Å². The van der Waals surface area contributed by atoms with Crippen LogP contribution in [-0.4, -0.2) is 47.3 Å². The fourth-order valence-electron chi connectivity index (χ4n) is 4.00. The molecule has 156 valence electrons. The van der Waals surface area contributed by atoms with Gasteiger partial charge in [0.25, 0.3) is 5.88 Å². The van der Waals surface area contributed by atoms with Crippen LogP contribution in [-0.2, 0) is 6.54 Å². The third-order valence-corrected chi connectivity index (χ3v) is 5.56. The largest absolute Gasteiger partial charge is 0.493 e. The lowest BCUT2D eigenvalue weighted by Gasteiger charge is -2.37. The van der Waals surface area contributed by atoms with Crippen LogP contribution in [0.2, 0.25) is 0 Å². The van der Waals surface area contributed by atoms with Gasteiger partial charge in [-0.25, -0.2) is 9.37 Å². The van der Waals surface area contributed by atoms with Gasteiger partial charge in [0.15, 0.2) is 5.75 Å². The second-order valence-corrected chi connectivity index (χ2v) is 8.04. The monoisotopic (exact) mass is 401 g/mol. The summed E-state index contributed by atoms with van der Waals surface area (Å²) in [6, 6.07) is 5.68. The Kier molecular flexibility index (Phi) is 5.85. The number of aryl methyl sites for hydroxylation is 2. The van der Waals surface area contributed by atoms with Gasteiger partial charge in [0.2, 0.25) is 0 Å². The van der Waals surface area contributed by atoms with Gasteiger partial charge in [0, 0.05) is 54.6 Å². The predicted octanol–water partition coefficient (Wildman–Crippen LogP) is 3.68. The van der Waals surface area contributed by atoms with E-state index in [1.165, 1.54) is 6.07 Å². The lowest BCUT2D eigenvalue weighted by atomic mass is 9.94. The highest BCUT2D eigenvalue weighted by Gasteiger charge is 2.28. The third-order valence-electron chi connectivity index (χ3n) is 5.56. The molecule has 0 spiro atoms. The van der Waals surface area contributed by atoms with Crippen LogP contribution < -0.4 is 14.2 Å². The van der Waals surface area contributed by atoms with E-state index >= 15 is 0 Å². The van der Waals surface area contributed by atoms with Gasteiger partial charge in [0.05, 0.1) is 12.3 Å². The second kappa shape index (κ2) is 8.53. The van der Waals surface area contributed by atoms with E-state index in [4.69, 9.17) is 14.2 Å². The Balaban J connectivity index is 1.40. The van der Waals surface area contributed by atoms with Crippen molar-refractivity contribution in [3.8, 4) is 17.4 Å². The van der Waals surface area contributed by atoms with Crippen LogP contribution in [0.5, 0.6) is 17.4 Å². The second-order valence-electron chi connectivity index (χ2n) is 8.04. The normalized spacial score (nSPS) is 21.8. The summed E-state index contributed by atoms with van der Waals surface area (Å²) in [6.07, 6.45) is 2.15. The quantitative estimate of drug-likeness (QED) is 0.762. The highest BCUT2D eigenvalue weighted by Crippen LogP contribution is 2.31. The van der Waals surface area contributed by atoms with Gasteiger partial charge < -0.3 is 14.2 Å². The van der Waals surface area contributed by atoms with Gasteiger partial charge in [-0.15, -0.1) is 0 Å². The molecule has 0 saturated carbocycles. The zero-order valence-corrected chi connectivity index (χ0v) is 17.3. The number of fused-ring (bicyclic) bond motifs is 1. The Morgan fingerprint density at radius 1 is 1.10 bits per heavy atom. The molecule has 2 aromatic rings. The zero-order chi connectivity index (χ0) is 20.4. The van der Waals surface area contributed by atoms with Crippen molar-refractivity contribution in [1.29, 1.82) is 0 Å². The van der Waals surface area contributed by atoms with Crippen LogP contribution in [0.3, 0.4) is 0 Å². The summed E-state index contributed by atoms with van der Waals surface area (Å²) in [5.74, 6) is 1.68. The van der Waals surface area contributed by atoms with Crippen molar-refractivity contribution in [1.82, 2.24) is 14.9 Å². The molecule has 2 aliphatic heterocycles. The molecule has 0 aliphatic carbocycles. The molecular formula is C22H28FN3O3. The first-order valence-electron chi connectivity index (χ1n) is 10.2. The van der Waals surface area contributed by atoms with Crippen molar-refractivity contribution >= 4 is 0 Å². The van der Waals surface area contributed by atoms with Crippen LogP contribution in [0.1, 0.15) is 36.8 Å². The average Bonchev–Trinajstić information content (AvgIpc) is 2.68. The first-order chi connectivity index (χ1) is 14.0. The molecule has 7 heteroatoms. The molecule has 2 atom stereocenters. The highest BCUT2D eigenvalue weighted by atomic mass is 19.1. The maximum atomic E-state index is 14.5. The third kappa shape index (κ3) is 4.78. The van der Waals surface area contributed by atoms with E-state index in [-0.39, 0.29) is 5.82 Å². The van der Waals surface area contributed by atoms with E-state index in [2.05, 4.69) is 21.8 Å². The summed E-state index contributed by atoms with van der Waals surface area (Å²) in [6.45, 7) is 8.93. The van der Waals surface area contributed by atoms with Gasteiger partial charge in [-0.3, -0.25) is 9.88 Å². The van der Waals surface area contributed by atoms with Crippen LogP contribution in [0.15, 0.2) is 18.2 Å². The summed E-state index contributed by atoms with van der Waals surface area (Å²) in [5.41, 5.74) is 2.32. The molecule has 4 heterocycles. The molecule has 0 amide bonds. The zero-order valence-electron chi connectivity index (χ0n) is 17.3. The molecule has 2 aromatic heterocycles. The molecule has 0 aromatic carbocycles. The molecule has 1 fully saturated rings. The first kappa shape index (κ1) is 19.9. The van der Waals surface area contributed by atoms with E-state index in [1.54, 1.807) is 0 Å². The van der Waals surface area contributed by atoms with Crippen molar-refractivity contribution in [2.45, 2.75) is 46.2 Å². The first-order valence-corrected chi connectivity index (χ1v) is 10.2. The number of halogens is 1. The van der Waals surface area contributed by atoms with Crippen molar-refractivity contribution in [2.75, 3.05) is 26.4 Å². The lowest BCUT2D eigenvalue weighted by molar-refractivity contribution is 0.0806. The van der Waals surface area contributed by atoms with Gasteiger partial charge in [-0.1, -0.05) is 0 Å². The van der Waals surface area contributed by atoms with E-state index in [0.29, 0.717) is 55.6 Å². The summed E-state index contributed by atoms with van der Waals surface area (Å²) >= 11 is 0. The number of pyridine rings is 2. The Hall–Kier alpha value is -2.41. The molecule has 1 unspecified atom stereocenters. The summed E-state index contributed by atoms with van der Waals surface area (Å²) in [4.78, 5) is 11.0. The average molecular weight is 401 g/mol. The van der Waals surface area contributed by atoms with Gasteiger partial charge in [-0.2, -0.15) is 0 Å². The van der Waals surface area contributed by atoms with Gasteiger partial charge in [0.1, 0.15) is 24.8 Å².